The van der Waals surface area contributed by atoms with Gasteiger partial charge in [0, 0.05) is 18.0 Å². The normalized spacial score (nSPS) is 11.6. The Hall–Kier alpha value is -1.65. The molecule has 0 saturated carbocycles. The van der Waals surface area contributed by atoms with Crippen LogP contribution in [0, 0.1) is 0 Å². The summed E-state index contributed by atoms with van der Waals surface area (Å²) in [6, 6.07) is 9.55. The summed E-state index contributed by atoms with van der Waals surface area (Å²) in [5.74, 6) is 0.322. The maximum absolute atomic E-state index is 12.2. The standard InChI is InChI=1S/C15H19NO3/c1-11(2)16(7-8-17)10-13(18)15-9-12-5-3-4-6-14(12)19-15/h3-6,9,11,17H,7-8,10H2,1-2H3. The molecular weight excluding hydrogens is 242 g/mol. The van der Waals surface area contributed by atoms with Crippen LogP contribution in [0.2, 0.25) is 0 Å². The van der Waals surface area contributed by atoms with Gasteiger partial charge in [-0.05, 0) is 26.0 Å². The van der Waals surface area contributed by atoms with Gasteiger partial charge >= 0.3 is 0 Å². The van der Waals surface area contributed by atoms with Crippen molar-refractivity contribution in [2.45, 2.75) is 19.9 Å². The molecule has 19 heavy (non-hydrogen) atoms. The van der Waals surface area contributed by atoms with Crippen LogP contribution in [0.25, 0.3) is 11.0 Å². The predicted octanol–water partition coefficient (Wildman–Crippen LogP) is 2.32. The molecular formula is C15H19NO3. The molecule has 0 saturated heterocycles. The summed E-state index contributed by atoms with van der Waals surface area (Å²) in [5, 5.41) is 9.94. The first kappa shape index (κ1) is 13.8. The van der Waals surface area contributed by atoms with Crippen LogP contribution in [0.15, 0.2) is 34.7 Å². The molecule has 0 aliphatic heterocycles. The first-order valence-corrected chi connectivity index (χ1v) is 6.48. The van der Waals surface area contributed by atoms with Gasteiger partial charge in [-0.15, -0.1) is 0 Å². The number of carbonyl (C=O) groups is 1. The SMILES string of the molecule is CC(C)N(CCO)CC(=O)c1cc2ccccc2o1. The summed E-state index contributed by atoms with van der Waals surface area (Å²) in [7, 11) is 0. The molecule has 2 aromatic rings. The third-order valence-electron chi connectivity index (χ3n) is 3.16. The average molecular weight is 261 g/mol. The lowest BCUT2D eigenvalue weighted by molar-refractivity contribution is 0.0856. The molecule has 0 unspecified atom stereocenters. The van der Waals surface area contributed by atoms with Crippen LogP contribution in [0.3, 0.4) is 0 Å². The number of carbonyl (C=O) groups excluding carboxylic acids is 1. The number of ketones is 1. The van der Waals surface area contributed by atoms with Crippen molar-refractivity contribution in [3.63, 3.8) is 0 Å². The van der Waals surface area contributed by atoms with Gasteiger partial charge in [-0.1, -0.05) is 18.2 Å². The minimum atomic E-state index is -0.0571. The Kier molecular flexibility index (Phi) is 4.35. The number of hydrogen-bond donors (Lipinski definition) is 1. The Morgan fingerprint density at radius 3 is 2.74 bits per heavy atom. The molecule has 1 heterocycles. The van der Waals surface area contributed by atoms with Crippen molar-refractivity contribution in [1.29, 1.82) is 0 Å². The molecule has 0 atom stereocenters. The molecule has 0 bridgehead atoms. The second-order valence-corrected chi connectivity index (χ2v) is 4.86. The maximum Gasteiger partial charge on any atom is 0.211 e. The Morgan fingerprint density at radius 1 is 1.37 bits per heavy atom. The van der Waals surface area contributed by atoms with Gasteiger partial charge in [0.05, 0.1) is 13.2 Å². The van der Waals surface area contributed by atoms with Gasteiger partial charge in [0.25, 0.3) is 0 Å². The lowest BCUT2D eigenvalue weighted by atomic mass is 10.2. The Bertz CT molecular complexity index is 526. The number of aliphatic hydroxyl groups excluding tert-OH is 1. The van der Waals surface area contributed by atoms with E-state index >= 15 is 0 Å². The van der Waals surface area contributed by atoms with Crippen LogP contribution < -0.4 is 0 Å². The van der Waals surface area contributed by atoms with E-state index in [1.165, 1.54) is 0 Å². The van der Waals surface area contributed by atoms with Crippen molar-refractivity contribution in [3.8, 4) is 0 Å². The van der Waals surface area contributed by atoms with Gasteiger partial charge < -0.3 is 9.52 Å². The topological polar surface area (TPSA) is 53.7 Å². The van der Waals surface area contributed by atoms with Crippen LogP contribution in [0.4, 0.5) is 0 Å². The fourth-order valence-electron chi connectivity index (χ4n) is 2.03. The third-order valence-corrected chi connectivity index (χ3v) is 3.16. The van der Waals surface area contributed by atoms with Gasteiger partial charge in [0.1, 0.15) is 5.58 Å². The van der Waals surface area contributed by atoms with Gasteiger partial charge in [-0.3, -0.25) is 9.69 Å². The fourth-order valence-corrected chi connectivity index (χ4v) is 2.03. The molecule has 0 aliphatic carbocycles. The van der Waals surface area contributed by atoms with Gasteiger partial charge in [0.2, 0.25) is 5.78 Å². The van der Waals surface area contributed by atoms with E-state index in [1.54, 1.807) is 6.07 Å². The lowest BCUT2D eigenvalue weighted by Crippen LogP contribution is -2.37. The van der Waals surface area contributed by atoms with E-state index < -0.39 is 0 Å². The van der Waals surface area contributed by atoms with E-state index in [0.717, 1.165) is 11.0 Å². The molecule has 1 N–H and O–H groups in total. The van der Waals surface area contributed by atoms with E-state index in [1.807, 2.05) is 43.0 Å². The second-order valence-electron chi connectivity index (χ2n) is 4.86. The van der Waals surface area contributed by atoms with Crippen LogP contribution in [0.1, 0.15) is 24.4 Å². The maximum atomic E-state index is 12.2. The van der Waals surface area contributed by atoms with Crippen LogP contribution >= 0.6 is 0 Å². The summed E-state index contributed by atoms with van der Waals surface area (Å²) in [5.41, 5.74) is 0.726. The minimum absolute atomic E-state index is 0.0472. The van der Waals surface area contributed by atoms with Gasteiger partial charge in [-0.25, -0.2) is 0 Å². The van der Waals surface area contributed by atoms with Crippen molar-refractivity contribution < 1.29 is 14.3 Å². The number of hydrogen-bond acceptors (Lipinski definition) is 4. The molecule has 2 rings (SSSR count). The second kappa shape index (κ2) is 5.99. The number of furan rings is 1. The molecule has 0 spiro atoms. The molecule has 0 radical (unpaired) electrons. The van der Waals surface area contributed by atoms with Gasteiger partial charge in [0.15, 0.2) is 5.76 Å². The summed E-state index contributed by atoms with van der Waals surface area (Å²) < 4.78 is 5.55. The number of para-hydroxylation sites is 1. The van der Waals surface area contributed by atoms with Crippen molar-refractivity contribution in [2.24, 2.45) is 0 Å². The van der Waals surface area contributed by atoms with Crippen LogP contribution in [0.5, 0.6) is 0 Å². The fraction of sp³-hybridized carbons (Fsp3) is 0.400. The lowest BCUT2D eigenvalue weighted by Gasteiger charge is -2.24. The average Bonchev–Trinajstić information content (AvgIpc) is 2.81. The highest BCUT2D eigenvalue weighted by molar-refractivity contribution is 5.98. The predicted molar refractivity (Wildman–Crippen MR) is 74.3 cm³/mol. The molecule has 1 aromatic carbocycles. The van der Waals surface area contributed by atoms with E-state index in [-0.39, 0.29) is 25.0 Å². The smallest absolute Gasteiger partial charge is 0.211 e. The van der Waals surface area contributed by atoms with E-state index in [4.69, 9.17) is 9.52 Å². The first-order valence-electron chi connectivity index (χ1n) is 6.48. The van der Waals surface area contributed by atoms with E-state index in [2.05, 4.69) is 0 Å². The van der Waals surface area contributed by atoms with Crippen molar-refractivity contribution in [2.75, 3.05) is 19.7 Å². The number of rotatable bonds is 6. The monoisotopic (exact) mass is 261 g/mol. The number of aliphatic hydroxyl groups is 1. The third kappa shape index (κ3) is 3.22. The summed E-state index contributed by atoms with van der Waals surface area (Å²) in [6.07, 6.45) is 0. The van der Waals surface area contributed by atoms with E-state index in [0.29, 0.717) is 12.3 Å². The number of Topliss-reactive ketones (excluding diaryl/α,β-unsaturated/α-hetero) is 1. The Morgan fingerprint density at radius 2 is 2.11 bits per heavy atom. The van der Waals surface area contributed by atoms with Crippen molar-refractivity contribution in [1.82, 2.24) is 4.90 Å². The summed E-state index contributed by atoms with van der Waals surface area (Å²) >= 11 is 0. The Balaban J connectivity index is 2.14. The quantitative estimate of drug-likeness (QED) is 0.811. The van der Waals surface area contributed by atoms with Crippen molar-refractivity contribution in [3.05, 3.63) is 36.1 Å². The van der Waals surface area contributed by atoms with Crippen LogP contribution in [-0.4, -0.2) is 41.5 Å². The molecule has 4 nitrogen and oxygen atoms in total. The first-order chi connectivity index (χ1) is 9.11. The molecule has 0 aliphatic rings. The van der Waals surface area contributed by atoms with Gasteiger partial charge in [-0.2, -0.15) is 0 Å². The number of fused-ring (bicyclic) bond motifs is 1. The highest BCUT2D eigenvalue weighted by Crippen LogP contribution is 2.19. The summed E-state index contributed by atoms with van der Waals surface area (Å²) in [6.45, 7) is 4.80. The highest BCUT2D eigenvalue weighted by Gasteiger charge is 2.18. The minimum Gasteiger partial charge on any atom is -0.453 e. The zero-order valence-electron chi connectivity index (χ0n) is 11.3. The Labute approximate surface area is 112 Å². The molecule has 0 fully saturated rings. The van der Waals surface area contributed by atoms with Crippen LogP contribution in [-0.2, 0) is 0 Å². The molecule has 0 amide bonds. The highest BCUT2D eigenvalue weighted by atomic mass is 16.3. The zero-order chi connectivity index (χ0) is 13.8. The summed E-state index contributed by atoms with van der Waals surface area (Å²) in [4.78, 5) is 14.1. The molecule has 4 heteroatoms. The number of nitrogens with zero attached hydrogens (tertiary/aromatic N) is 1. The van der Waals surface area contributed by atoms with Crippen molar-refractivity contribution >= 4 is 16.8 Å². The zero-order valence-corrected chi connectivity index (χ0v) is 11.3. The molecule has 1 aromatic heterocycles. The largest absolute Gasteiger partial charge is 0.453 e. The number of benzene rings is 1. The molecule has 102 valence electrons. The van der Waals surface area contributed by atoms with E-state index in [9.17, 15) is 4.79 Å².